The molecule has 0 heterocycles. The Kier molecular flexibility index (Phi) is 8.71. The van der Waals surface area contributed by atoms with E-state index in [-0.39, 0.29) is 13.6 Å². The Morgan fingerprint density at radius 3 is 2.70 bits per heavy atom. The number of phenolic OH excluding ortho intramolecular Hbond substituents is 1. The van der Waals surface area contributed by atoms with Gasteiger partial charge in [-0.05, 0) is 82.0 Å². The number of aryl methyl sites for hydroxylation is 1. The second-order valence-electron chi connectivity index (χ2n) is 7.28. The number of phenols is 1. The van der Waals surface area contributed by atoms with Gasteiger partial charge in [0, 0.05) is 27.2 Å². The number of amides is 1. The highest BCUT2D eigenvalue weighted by Gasteiger charge is 2.09. The molecule has 0 aliphatic rings. The summed E-state index contributed by atoms with van der Waals surface area (Å²) in [5.41, 5.74) is 12.1. The average Bonchev–Trinajstić information content (AvgIpc) is 2.78. The normalized spacial score (nSPS) is 11.0. The van der Waals surface area contributed by atoms with Crippen molar-refractivity contribution in [2.24, 2.45) is 5.10 Å². The molecule has 0 spiro atoms. The SMILES string of the molecule is Cc1cc(/C=N/NC(=O)c2ccc(O)c(Cl)c2)cc(Br)c1OCCNCc1ccc(N)cc1.[HH].[HH]. The van der Waals surface area contributed by atoms with Crippen LogP contribution in [0.5, 0.6) is 11.5 Å². The fraction of sp³-hybridized carbons (Fsp3) is 0.167. The third-order valence-corrected chi connectivity index (χ3v) is 5.57. The molecule has 7 nitrogen and oxygen atoms in total. The molecule has 0 saturated carbocycles. The Hall–Kier alpha value is -3.07. The topological polar surface area (TPSA) is 109 Å². The Morgan fingerprint density at radius 2 is 2.00 bits per heavy atom. The lowest BCUT2D eigenvalue weighted by atomic mass is 10.1. The Balaban J connectivity index is 0.00000306. The highest BCUT2D eigenvalue weighted by molar-refractivity contribution is 9.10. The van der Waals surface area contributed by atoms with Gasteiger partial charge in [-0.3, -0.25) is 4.79 Å². The minimum atomic E-state index is -0.435. The van der Waals surface area contributed by atoms with E-state index < -0.39 is 5.91 Å². The number of nitrogens with zero attached hydrogens (tertiary/aromatic N) is 1. The molecule has 0 bridgehead atoms. The molecule has 0 unspecified atom stereocenters. The maximum atomic E-state index is 12.2. The summed E-state index contributed by atoms with van der Waals surface area (Å²) in [4.78, 5) is 12.2. The van der Waals surface area contributed by atoms with Gasteiger partial charge in [0.05, 0.1) is 15.7 Å². The number of halogens is 2. The smallest absolute Gasteiger partial charge is 0.271 e. The predicted octanol–water partition coefficient (Wildman–Crippen LogP) is 5.12. The van der Waals surface area contributed by atoms with Crippen molar-refractivity contribution in [1.82, 2.24) is 10.7 Å². The van der Waals surface area contributed by atoms with Crippen LogP contribution in [-0.4, -0.2) is 30.4 Å². The minimum absolute atomic E-state index is 0. The molecule has 5 N–H and O–H groups in total. The fourth-order valence-corrected chi connectivity index (χ4v) is 3.86. The van der Waals surface area contributed by atoms with E-state index >= 15 is 0 Å². The van der Waals surface area contributed by atoms with E-state index in [0.717, 1.165) is 39.1 Å². The molecule has 0 saturated heterocycles. The first-order valence-corrected chi connectivity index (χ1v) is 11.3. The van der Waals surface area contributed by atoms with Crippen molar-refractivity contribution < 1.29 is 17.5 Å². The van der Waals surface area contributed by atoms with Gasteiger partial charge in [-0.15, -0.1) is 0 Å². The van der Waals surface area contributed by atoms with Gasteiger partial charge in [-0.25, -0.2) is 5.43 Å². The zero-order valence-corrected chi connectivity index (χ0v) is 20.3. The maximum Gasteiger partial charge on any atom is 0.271 e. The van der Waals surface area contributed by atoms with E-state index in [0.29, 0.717) is 18.7 Å². The van der Waals surface area contributed by atoms with Gasteiger partial charge >= 0.3 is 0 Å². The summed E-state index contributed by atoms with van der Waals surface area (Å²) in [6, 6.07) is 15.7. The van der Waals surface area contributed by atoms with Gasteiger partial charge < -0.3 is 20.9 Å². The van der Waals surface area contributed by atoms with Crippen LogP contribution in [0.1, 0.15) is 29.9 Å². The number of nitrogens with one attached hydrogen (secondary N) is 2. The molecular weight excluding hydrogens is 508 g/mol. The Morgan fingerprint density at radius 1 is 1.24 bits per heavy atom. The molecule has 9 heteroatoms. The number of rotatable bonds is 9. The van der Waals surface area contributed by atoms with E-state index in [1.165, 1.54) is 24.4 Å². The lowest BCUT2D eigenvalue weighted by molar-refractivity contribution is 0.0955. The van der Waals surface area contributed by atoms with Gasteiger partial charge in [0.1, 0.15) is 18.1 Å². The number of hydrogen-bond acceptors (Lipinski definition) is 6. The number of benzene rings is 3. The largest absolute Gasteiger partial charge is 0.506 e. The summed E-state index contributed by atoms with van der Waals surface area (Å²) in [7, 11) is 0. The van der Waals surface area contributed by atoms with Gasteiger partial charge in [0.15, 0.2) is 0 Å². The number of ether oxygens (including phenoxy) is 1. The Bertz CT molecular complexity index is 1140. The van der Waals surface area contributed by atoms with Crippen LogP contribution >= 0.6 is 27.5 Å². The van der Waals surface area contributed by atoms with Crippen molar-refractivity contribution in [3.05, 3.63) is 86.3 Å². The molecule has 0 aliphatic carbocycles. The van der Waals surface area contributed by atoms with Crippen molar-refractivity contribution in [3.8, 4) is 11.5 Å². The molecule has 33 heavy (non-hydrogen) atoms. The number of aromatic hydroxyl groups is 1. The number of carbonyl (C=O) groups is 1. The van der Waals surface area contributed by atoms with Gasteiger partial charge in [0.25, 0.3) is 5.91 Å². The molecule has 3 aromatic rings. The van der Waals surface area contributed by atoms with Crippen LogP contribution < -0.4 is 21.2 Å². The molecule has 0 atom stereocenters. The quantitative estimate of drug-likeness (QED) is 0.132. The first kappa shape index (κ1) is 24.6. The van der Waals surface area contributed by atoms with Gasteiger partial charge in [-0.1, -0.05) is 23.7 Å². The average molecular weight is 536 g/mol. The van der Waals surface area contributed by atoms with E-state index in [4.69, 9.17) is 22.1 Å². The van der Waals surface area contributed by atoms with Crippen LogP contribution in [0.25, 0.3) is 0 Å². The molecule has 3 rings (SSSR count). The number of anilines is 1. The van der Waals surface area contributed by atoms with Crippen LogP contribution in [0, 0.1) is 6.92 Å². The first-order chi connectivity index (χ1) is 15.8. The Labute approximate surface area is 208 Å². The fourth-order valence-electron chi connectivity index (χ4n) is 2.99. The van der Waals surface area contributed by atoms with Crippen LogP contribution in [0.2, 0.25) is 5.02 Å². The maximum absolute atomic E-state index is 12.2. The van der Waals surface area contributed by atoms with Crippen LogP contribution in [0.4, 0.5) is 5.69 Å². The summed E-state index contributed by atoms with van der Waals surface area (Å²) < 4.78 is 6.72. The number of hydrazone groups is 1. The standard InChI is InChI=1S/C24H24BrClN4O3.2H2/c1-15-10-17(14-29-30-24(32)18-4-7-22(31)21(26)12-18)11-20(25)23(15)33-9-8-28-13-16-2-5-19(27)6-3-16;;/h2-7,10-12,14,28,31H,8-9,13,27H2,1H3,(H,30,32);2*1H/b29-14+;;. The molecule has 1 amide bonds. The van der Waals surface area contributed by atoms with E-state index in [2.05, 4.69) is 31.8 Å². The zero-order valence-electron chi connectivity index (χ0n) is 17.9. The molecular formula is C24H28BrClN4O3. The summed E-state index contributed by atoms with van der Waals surface area (Å²) >= 11 is 9.37. The van der Waals surface area contributed by atoms with Crippen molar-refractivity contribution in [1.29, 1.82) is 0 Å². The number of hydrogen-bond donors (Lipinski definition) is 4. The molecule has 176 valence electrons. The first-order valence-electron chi connectivity index (χ1n) is 10.1. The highest BCUT2D eigenvalue weighted by Crippen LogP contribution is 2.30. The van der Waals surface area contributed by atoms with Crippen LogP contribution in [0.3, 0.4) is 0 Å². The summed E-state index contributed by atoms with van der Waals surface area (Å²) in [5.74, 6) is 0.233. The van der Waals surface area contributed by atoms with Crippen LogP contribution in [-0.2, 0) is 6.54 Å². The summed E-state index contributed by atoms with van der Waals surface area (Å²) in [5, 5.41) is 16.9. The summed E-state index contributed by atoms with van der Waals surface area (Å²) in [6.45, 7) is 3.87. The van der Waals surface area contributed by atoms with Crippen molar-refractivity contribution in [2.75, 3.05) is 18.9 Å². The van der Waals surface area contributed by atoms with Crippen molar-refractivity contribution >= 4 is 45.3 Å². The molecule has 0 fully saturated rings. The lowest BCUT2D eigenvalue weighted by Crippen LogP contribution is -2.21. The highest BCUT2D eigenvalue weighted by atomic mass is 79.9. The third-order valence-electron chi connectivity index (χ3n) is 4.68. The van der Waals surface area contributed by atoms with E-state index in [1.807, 2.05) is 43.3 Å². The second kappa shape index (κ2) is 11.7. The monoisotopic (exact) mass is 534 g/mol. The summed E-state index contributed by atoms with van der Waals surface area (Å²) in [6.07, 6.45) is 1.54. The molecule has 0 radical (unpaired) electrons. The number of nitrogens with two attached hydrogens (primary N) is 1. The number of nitrogen functional groups attached to an aromatic ring is 1. The third kappa shape index (κ3) is 7.21. The second-order valence-corrected chi connectivity index (χ2v) is 8.54. The van der Waals surface area contributed by atoms with Crippen molar-refractivity contribution in [3.63, 3.8) is 0 Å². The minimum Gasteiger partial charge on any atom is -0.506 e. The van der Waals surface area contributed by atoms with E-state index in [1.54, 1.807) is 0 Å². The van der Waals surface area contributed by atoms with Gasteiger partial charge in [0.2, 0.25) is 0 Å². The number of carbonyl (C=O) groups excluding carboxylic acids is 1. The van der Waals surface area contributed by atoms with Gasteiger partial charge in [-0.2, -0.15) is 5.10 Å². The zero-order chi connectivity index (χ0) is 23.8. The van der Waals surface area contributed by atoms with E-state index in [9.17, 15) is 9.90 Å². The predicted molar refractivity (Wildman–Crippen MR) is 139 cm³/mol. The molecule has 0 aliphatic heterocycles. The van der Waals surface area contributed by atoms with Crippen molar-refractivity contribution in [2.45, 2.75) is 13.5 Å². The lowest BCUT2D eigenvalue weighted by Gasteiger charge is -2.13. The molecule has 0 aromatic heterocycles. The van der Waals surface area contributed by atoms with Crippen LogP contribution in [0.15, 0.2) is 64.2 Å². The molecule has 3 aromatic carbocycles.